The first-order valence-electron chi connectivity index (χ1n) is 20.2. The molecule has 0 saturated carbocycles. The van der Waals surface area contributed by atoms with Gasteiger partial charge in [-0.05, 0) is 43.7 Å². The standard InChI is InChI=1S/C44H66O8/c1-6-11-13-15-17-23-41(45)51-35(30-47-27-8-3)32-49-43-37-21-19-20-22-38(37)44(40-29-34(10-5)25-26-39(40)43)50-33-36(31-48-28-9-4)52-42(46)24-18-16-14-12-7-2/h19-22,25-26,29,35-36H,6-18,23-24,27-28,30-33H2,1-5H3. The van der Waals surface area contributed by atoms with E-state index in [-0.39, 0.29) is 38.4 Å². The lowest BCUT2D eigenvalue weighted by molar-refractivity contribution is -0.155. The first-order chi connectivity index (χ1) is 25.4. The summed E-state index contributed by atoms with van der Waals surface area (Å²) < 4.78 is 36.8. The molecule has 0 bridgehead atoms. The van der Waals surface area contributed by atoms with Crippen molar-refractivity contribution in [3.63, 3.8) is 0 Å². The fourth-order valence-electron chi connectivity index (χ4n) is 6.22. The number of esters is 2. The number of fused-ring (bicyclic) bond motifs is 2. The average Bonchev–Trinajstić information content (AvgIpc) is 3.15. The minimum absolute atomic E-state index is 0.158. The van der Waals surface area contributed by atoms with Gasteiger partial charge in [0, 0.05) is 47.6 Å². The van der Waals surface area contributed by atoms with Crippen molar-refractivity contribution in [1.29, 1.82) is 0 Å². The van der Waals surface area contributed by atoms with Gasteiger partial charge in [-0.1, -0.05) is 122 Å². The van der Waals surface area contributed by atoms with E-state index in [1.54, 1.807) is 0 Å². The normalized spacial score (nSPS) is 12.6. The maximum absolute atomic E-state index is 12.9. The van der Waals surface area contributed by atoms with Gasteiger partial charge in [0.15, 0.2) is 12.2 Å². The highest BCUT2D eigenvalue weighted by Crippen LogP contribution is 2.43. The van der Waals surface area contributed by atoms with Crippen molar-refractivity contribution < 1.29 is 38.0 Å². The van der Waals surface area contributed by atoms with Crippen molar-refractivity contribution in [2.45, 2.75) is 143 Å². The molecule has 0 aliphatic carbocycles. The fraction of sp³-hybridized carbons (Fsp3) is 0.636. The molecule has 0 saturated heterocycles. The third kappa shape index (κ3) is 14.9. The predicted molar refractivity (Wildman–Crippen MR) is 211 cm³/mol. The molecule has 0 N–H and O–H groups in total. The highest BCUT2D eigenvalue weighted by Gasteiger charge is 2.22. The number of carbonyl (C=O) groups is 2. The van der Waals surface area contributed by atoms with Gasteiger partial charge in [0.2, 0.25) is 0 Å². The maximum atomic E-state index is 12.9. The minimum Gasteiger partial charge on any atom is -0.488 e. The molecule has 2 unspecified atom stereocenters. The molecular weight excluding hydrogens is 656 g/mol. The summed E-state index contributed by atoms with van der Waals surface area (Å²) in [4.78, 5) is 25.7. The molecule has 0 radical (unpaired) electrons. The van der Waals surface area contributed by atoms with Gasteiger partial charge in [0.1, 0.15) is 24.7 Å². The van der Waals surface area contributed by atoms with Crippen LogP contribution in [0.2, 0.25) is 0 Å². The zero-order valence-electron chi connectivity index (χ0n) is 32.8. The van der Waals surface area contributed by atoms with Gasteiger partial charge in [0.05, 0.1) is 13.2 Å². The highest BCUT2D eigenvalue weighted by atomic mass is 16.6. The van der Waals surface area contributed by atoms with Gasteiger partial charge >= 0.3 is 11.9 Å². The molecule has 0 fully saturated rings. The van der Waals surface area contributed by atoms with E-state index in [0.29, 0.717) is 37.6 Å². The van der Waals surface area contributed by atoms with Crippen LogP contribution in [0, 0.1) is 0 Å². The Morgan fingerprint density at radius 2 is 0.981 bits per heavy atom. The third-order valence-electron chi connectivity index (χ3n) is 9.09. The van der Waals surface area contributed by atoms with Gasteiger partial charge in [-0.15, -0.1) is 0 Å². The van der Waals surface area contributed by atoms with E-state index < -0.39 is 12.2 Å². The number of benzene rings is 3. The van der Waals surface area contributed by atoms with E-state index in [1.165, 1.54) is 12.8 Å². The van der Waals surface area contributed by atoms with Crippen LogP contribution in [0.25, 0.3) is 21.5 Å². The predicted octanol–water partition coefficient (Wildman–Crippen LogP) is 10.7. The van der Waals surface area contributed by atoms with Crippen molar-refractivity contribution in [3.05, 3.63) is 48.0 Å². The van der Waals surface area contributed by atoms with Crippen LogP contribution < -0.4 is 9.47 Å². The summed E-state index contributed by atoms with van der Waals surface area (Å²) in [7, 11) is 0. The summed E-state index contributed by atoms with van der Waals surface area (Å²) in [6.07, 6.45) is 13.0. The molecule has 0 aliphatic rings. The molecular formula is C44H66O8. The Kier molecular flexibility index (Phi) is 21.2. The first kappa shape index (κ1) is 43.0. The molecule has 3 aromatic rings. The van der Waals surface area contributed by atoms with Crippen LogP contribution in [0.4, 0.5) is 0 Å². The Bertz CT molecular complexity index is 1450. The first-order valence-corrected chi connectivity index (χ1v) is 20.2. The van der Waals surface area contributed by atoms with E-state index >= 15 is 0 Å². The number of rotatable bonds is 29. The highest BCUT2D eigenvalue weighted by molar-refractivity contribution is 6.11. The molecule has 0 spiro atoms. The van der Waals surface area contributed by atoms with Crippen molar-refractivity contribution in [2.24, 2.45) is 0 Å². The fourth-order valence-corrected chi connectivity index (χ4v) is 6.22. The number of aryl methyl sites for hydroxylation is 1. The topological polar surface area (TPSA) is 89.5 Å². The van der Waals surface area contributed by atoms with Crippen molar-refractivity contribution in [3.8, 4) is 11.5 Å². The van der Waals surface area contributed by atoms with E-state index in [0.717, 1.165) is 97.7 Å². The molecule has 3 rings (SSSR count). The number of ether oxygens (including phenoxy) is 6. The van der Waals surface area contributed by atoms with Gasteiger partial charge in [-0.3, -0.25) is 9.59 Å². The molecule has 0 heterocycles. The summed E-state index contributed by atoms with van der Waals surface area (Å²) in [6, 6.07) is 14.4. The lowest BCUT2D eigenvalue weighted by atomic mass is 9.98. The second-order valence-corrected chi connectivity index (χ2v) is 13.8. The summed E-state index contributed by atoms with van der Waals surface area (Å²) in [5, 5.41) is 3.57. The van der Waals surface area contributed by atoms with Gasteiger partial charge in [-0.25, -0.2) is 0 Å². The molecule has 8 nitrogen and oxygen atoms in total. The average molecular weight is 723 g/mol. The van der Waals surface area contributed by atoms with Crippen LogP contribution in [0.5, 0.6) is 11.5 Å². The van der Waals surface area contributed by atoms with E-state index in [4.69, 9.17) is 28.4 Å². The van der Waals surface area contributed by atoms with E-state index in [2.05, 4.69) is 52.8 Å². The quantitative estimate of drug-likeness (QED) is 0.0397. The minimum atomic E-state index is -0.543. The van der Waals surface area contributed by atoms with Crippen LogP contribution in [0.3, 0.4) is 0 Å². The third-order valence-corrected chi connectivity index (χ3v) is 9.09. The monoisotopic (exact) mass is 722 g/mol. The van der Waals surface area contributed by atoms with Gasteiger partial charge < -0.3 is 28.4 Å². The van der Waals surface area contributed by atoms with Gasteiger partial charge in [-0.2, -0.15) is 0 Å². The number of hydrogen-bond donors (Lipinski definition) is 0. The summed E-state index contributed by atoms with van der Waals surface area (Å²) in [5.74, 6) is 0.980. The molecule has 52 heavy (non-hydrogen) atoms. The van der Waals surface area contributed by atoms with Crippen LogP contribution in [-0.2, 0) is 35.0 Å². The Balaban J connectivity index is 1.87. The molecule has 0 amide bonds. The van der Waals surface area contributed by atoms with E-state index in [1.807, 2.05) is 24.3 Å². The zero-order valence-corrected chi connectivity index (χ0v) is 32.8. The molecule has 3 aromatic carbocycles. The summed E-state index contributed by atoms with van der Waals surface area (Å²) >= 11 is 0. The molecule has 0 aromatic heterocycles. The Hall–Kier alpha value is -3.36. The second-order valence-electron chi connectivity index (χ2n) is 13.8. The van der Waals surface area contributed by atoms with Crippen molar-refractivity contribution >= 4 is 33.5 Å². The van der Waals surface area contributed by atoms with Crippen LogP contribution in [0.1, 0.15) is 130 Å². The maximum Gasteiger partial charge on any atom is 0.306 e. The molecule has 290 valence electrons. The van der Waals surface area contributed by atoms with Gasteiger partial charge in [0.25, 0.3) is 0 Å². The number of hydrogen-bond acceptors (Lipinski definition) is 8. The second kappa shape index (κ2) is 25.6. The zero-order chi connectivity index (χ0) is 37.4. The van der Waals surface area contributed by atoms with Crippen LogP contribution in [-0.4, -0.2) is 63.8 Å². The Morgan fingerprint density at radius 3 is 1.44 bits per heavy atom. The van der Waals surface area contributed by atoms with Crippen LogP contribution in [0.15, 0.2) is 42.5 Å². The summed E-state index contributed by atoms with van der Waals surface area (Å²) in [5.41, 5.74) is 1.16. The largest absolute Gasteiger partial charge is 0.488 e. The molecule has 8 heteroatoms. The smallest absolute Gasteiger partial charge is 0.306 e. The molecule has 0 aliphatic heterocycles. The Morgan fingerprint density at radius 1 is 0.519 bits per heavy atom. The number of carbonyl (C=O) groups excluding carboxylic acids is 2. The lowest BCUT2D eigenvalue weighted by Crippen LogP contribution is -2.30. The number of unbranched alkanes of at least 4 members (excludes halogenated alkanes) is 8. The van der Waals surface area contributed by atoms with Crippen LogP contribution >= 0.6 is 0 Å². The van der Waals surface area contributed by atoms with Crippen molar-refractivity contribution in [2.75, 3.05) is 39.6 Å². The SMILES string of the molecule is CCCCCCCC(=O)OC(COCCC)COc1c2ccccc2c(OCC(COCCC)OC(=O)CCCCCCC)c2cc(CC)ccc12. The lowest BCUT2D eigenvalue weighted by Gasteiger charge is -2.23. The van der Waals surface area contributed by atoms with Crippen molar-refractivity contribution in [1.82, 2.24) is 0 Å². The molecule has 2 atom stereocenters. The van der Waals surface area contributed by atoms with E-state index in [9.17, 15) is 9.59 Å². The Labute approximate surface area is 313 Å². The summed E-state index contributed by atoms with van der Waals surface area (Å²) in [6.45, 7) is 12.6.